The van der Waals surface area contributed by atoms with E-state index in [1.807, 2.05) is 18.2 Å². The molecule has 1 aromatic carbocycles. The lowest BCUT2D eigenvalue weighted by atomic mass is 9.99. The number of hydrogen-bond acceptors (Lipinski definition) is 5. The zero-order valence-corrected chi connectivity index (χ0v) is 13.3. The second-order valence-electron chi connectivity index (χ2n) is 5.66. The molecule has 0 radical (unpaired) electrons. The van der Waals surface area contributed by atoms with Gasteiger partial charge in [-0.15, -0.1) is 0 Å². The van der Waals surface area contributed by atoms with E-state index in [1.54, 1.807) is 6.20 Å². The van der Waals surface area contributed by atoms with Gasteiger partial charge in [0.15, 0.2) is 0 Å². The van der Waals surface area contributed by atoms with Gasteiger partial charge in [-0.25, -0.2) is 22.7 Å². The van der Waals surface area contributed by atoms with Crippen LogP contribution in [0.4, 0.5) is 0 Å². The number of benzene rings is 1. The number of piperidine rings is 1. The first kappa shape index (κ1) is 15.2. The van der Waals surface area contributed by atoms with Crippen LogP contribution in [0.15, 0.2) is 30.7 Å². The maximum absolute atomic E-state index is 11.5. The normalized spacial score (nSPS) is 17.7. The first-order valence-electron chi connectivity index (χ1n) is 7.30. The van der Waals surface area contributed by atoms with Crippen LogP contribution in [0.5, 0.6) is 5.75 Å². The van der Waals surface area contributed by atoms with Gasteiger partial charge in [0.05, 0.1) is 18.4 Å². The van der Waals surface area contributed by atoms with Gasteiger partial charge < -0.3 is 4.74 Å². The van der Waals surface area contributed by atoms with Gasteiger partial charge in [0, 0.05) is 30.7 Å². The molecule has 0 saturated carbocycles. The Hall–Kier alpha value is -1.73. The van der Waals surface area contributed by atoms with Crippen LogP contribution in [0.3, 0.4) is 0 Å². The summed E-state index contributed by atoms with van der Waals surface area (Å²) in [5.74, 6) is 1.18. The van der Waals surface area contributed by atoms with Crippen molar-refractivity contribution in [3.05, 3.63) is 30.7 Å². The molecule has 1 aliphatic heterocycles. The van der Waals surface area contributed by atoms with Crippen molar-refractivity contribution in [1.82, 2.24) is 14.3 Å². The summed E-state index contributed by atoms with van der Waals surface area (Å²) in [6, 6.07) is 5.76. The molecule has 3 rings (SSSR count). The molecule has 6 nitrogen and oxygen atoms in total. The van der Waals surface area contributed by atoms with Crippen molar-refractivity contribution in [1.29, 1.82) is 0 Å². The van der Waals surface area contributed by atoms with Crippen LogP contribution in [0, 0.1) is 5.92 Å². The lowest BCUT2D eigenvalue weighted by molar-refractivity contribution is 0.186. The lowest BCUT2D eigenvalue weighted by Gasteiger charge is -2.30. The van der Waals surface area contributed by atoms with Gasteiger partial charge in [0.2, 0.25) is 10.0 Å². The van der Waals surface area contributed by atoms with Gasteiger partial charge in [-0.1, -0.05) is 0 Å². The standard InChI is InChI=1S/C15H19N3O3S/c1-22(19,20)18-6-4-12(5-7-18)10-21-14-3-2-13-9-16-11-17-15(13)8-14/h2-3,8-9,11-12H,4-7,10H2,1H3. The molecule has 2 aromatic rings. The highest BCUT2D eigenvalue weighted by molar-refractivity contribution is 7.88. The predicted octanol–water partition coefficient (Wildman–Crippen LogP) is 1.68. The second kappa shape index (κ2) is 6.18. The fourth-order valence-corrected chi connectivity index (χ4v) is 3.54. The Labute approximate surface area is 130 Å². The molecule has 1 fully saturated rings. The average molecular weight is 321 g/mol. The first-order valence-corrected chi connectivity index (χ1v) is 9.15. The molecule has 0 atom stereocenters. The first-order chi connectivity index (χ1) is 10.5. The van der Waals surface area contributed by atoms with Crippen molar-refractivity contribution < 1.29 is 13.2 Å². The summed E-state index contributed by atoms with van der Waals surface area (Å²) in [6.45, 7) is 1.77. The molecule has 1 aliphatic rings. The highest BCUT2D eigenvalue weighted by atomic mass is 32.2. The minimum absolute atomic E-state index is 0.388. The smallest absolute Gasteiger partial charge is 0.211 e. The van der Waals surface area contributed by atoms with Crippen LogP contribution in [-0.4, -0.2) is 48.6 Å². The molecule has 0 unspecified atom stereocenters. The van der Waals surface area contributed by atoms with E-state index >= 15 is 0 Å². The van der Waals surface area contributed by atoms with Crippen molar-refractivity contribution in [2.24, 2.45) is 5.92 Å². The molecule has 118 valence electrons. The van der Waals surface area contributed by atoms with Gasteiger partial charge in [-0.2, -0.15) is 0 Å². The summed E-state index contributed by atoms with van der Waals surface area (Å²) < 4.78 is 30.3. The summed E-state index contributed by atoms with van der Waals surface area (Å²) >= 11 is 0. The lowest BCUT2D eigenvalue weighted by Crippen LogP contribution is -2.39. The summed E-state index contributed by atoms with van der Waals surface area (Å²) in [7, 11) is -3.06. The van der Waals surface area contributed by atoms with Crippen molar-refractivity contribution in [2.45, 2.75) is 12.8 Å². The Bertz CT molecular complexity index is 755. The van der Waals surface area contributed by atoms with Gasteiger partial charge in [-0.05, 0) is 30.9 Å². The Morgan fingerprint density at radius 1 is 1.32 bits per heavy atom. The topological polar surface area (TPSA) is 72.4 Å². The molecule has 0 bridgehead atoms. The van der Waals surface area contributed by atoms with Gasteiger partial charge in [0.25, 0.3) is 0 Å². The molecule has 0 N–H and O–H groups in total. The molecule has 0 amide bonds. The molecule has 1 saturated heterocycles. The third-order valence-electron chi connectivity index (χ3n) is 4.01. The summed E-state index contributed by atoms with van der Waals surface area (Å²) in [4.78, 5) is 8.19. The Morgan fingerprint density at radius 3 is 2.82 bits per heavy atom. The Balaban J connectivity index is 1.56. The number of hydrogen-bond donors (Lipinski definition) is 0. The average Bonchev–Trinajstić information content (AvgIpc) is 2.52. The number of fused-ring (bicyclic) bond motifs is 1. The van der Waals surface area contributed by atoms with E-state index in [0.717, 1.165) is 29.5 Å². The van der Waals surface area contributed by atoms with Crippen molar-refractivity contribution in [3.63, 3.8) is 0 Å². The van der Waals surface area contributed by atoms with Crippen molar-refractivity contribution >= 4 is 20.9 Å². The molecule has 7 heteroatoms. The van der Waals surface area contributed by atoms with Crippen LogP contribution in [0.2, 0.25) is 0 Å². The molecule has 1 aromatic heterocycles. The number of sulfonamides is 1. The van der Waals surface area contributed by atoms with E-state index < -0.39 is 10.0 Å². The molecule has 0 spiro atoms. The fraction of sp³-hybridized carbons (Fsp3) is 0.467. The van der Waals surface area contributed by atoms with E-state index in [1.165, 1.54) is 16.9 Å². The van der Waals surface area contributed by atoms with Crippen molar-refractivity contribution in [3.8, 4) is 5.75 Å². The van der Waals surface area contributed by atoms with Crippen LogP contribution >= 0.6 is 0 Å². The van der Waals surface area contributed by atoms with E-state index in [-0.39, 0.29) is 0 Å². The number of nitrogens with zero attached hydrogens (tertiary/aromatic N) is 3. The van der Waals surface area contributed by atoms with Crippen LogP contribution in [0.25, 0.3) is 10.9 Å². The number of rotatable bonds is 4. The summed E-state index contributed by atoms with van der Waals surface area (Å²) in [5.41, 5.74) is 0.861. The van der Waals surface area contributed by atoms with Gasteiger partial charge in [-0.3, -0.25) is 0 Å². The maximum Gasteiger partial charge on any atom is 0.211 e. The predicted molar refractivity (Wildman–Crippen MR) is 84.2 cm³/mol. The van der Waals surface area contributed by atoms with Gasteiger partial charge >= 0.3 is 0 Å². The minimum Gasteiger partial charge on any atom is -0.493 e. The highest BCUT2D eigenvalue weighted by Gasteiger charge is 2.25. The fourth-order valence-electron chi connectivity index (χ4n) is 2.67. The van der Waals surface area contributed by atoms with Crippen LogP contribution in [-0.2, 0) is 10.0 Å². The molecular weight excluding hydrogens is 302 g/mol. The molecule has 2 heterocycles. The summed E-state index contributed by atoms with van der Waals surface area (Å²) in [6.07, 6.45) is 6.23. The monoisotopic (exact) mass is 321 g/mol. The maximum atomic E-state index is 11.5. The largest absolute Gasteiger partial charge is 0.493 e. The second-order valence-corrected chi connectivity index (χ2v) is 7.64. The van der Waals surface area contributed by atoms with E-state index in [9.17, 15) is 8.42 Å². The summed E-state index contributed by atoms with van der Waals surface area (Å²) in [5, 5.41) is 0.983. The van der Waals surface area contributed by atoms with E-state index in [2.05, 4.69) is 9.97 Å². The quantitative estimate of drug-likeness (QED) is 0.857. The van der Waals surface area contributed by atoms with Crippen LogP contribution < -0.4 is 4.74 Å². The zero-order chi connectivity index (χ0) is 15.6. The Kier molecular flexibility index (Phi) is 4.26. The minimum atomic E-state index is -3.06. The van der Waals surface area contributed by atoms with Crippen LogP contribution in [0.1, 0.15) is 12.8 Å². The van der Waals surface area contributed by atoms with Gasteiger partial charge in [0.1, 0.15) is 12.1 Å². The number of ether oxygens (including phenoxy) is 1. The molecular formula is C15H19N3O3S. The number of aromatic nitrogens is 2. The Morgan fingerprint density at radius 2 is 2.09 bits per heavy atom. The highest BCUT2D eigenvalue weighted by Crippen LogP contribution is 2.22. The van der Waals surface area contributed by atoms with Crippen molar-refractivity contribution in [2.75, 3.05) is 26.0 Å². The third kappa shape index (κ3) is 3.53. The third-order valence-corrected chi connectivity index (χ3v) is 5.31. The zero-order valence-electron chi connectivity index (χ0n) is 12.5. The van der Waals surface area contributed by atoms with E-state index in [0.29, 0.717) is 25.6 Å². The molecule has 0 aliphatic carbocycles. The van der Waals surface area contributed by atoms with E-state index in [4.69, 9.17) is 4.74 Å². The SMILES string of the molecule is CS(=O)(=O)N1CCC(COc2ccc3cncnc3c2)CC1. The molecule has 22 heavy (non-hydrogen) atoms.